The van der Waals surface area contributed by atoms with Gasteiger partial charge in [0.25, 0.3) is 0 Å². The van der Waals surface area contributed by atoms with E-state index in [-0.39, 0.29) is 34.6 Å². The summed E-state index contributed by atoms with van der Waals surface area (Å²) in [6.07, 6.45) is 9.31. The van der Waals surface area contributed by atoms with Crippen molar-refractivity contribution in [3.05, 3.63) is 41.5 Å². The van der Waals surface area contributed by atoms with Crippen molar-refractivity contribution in [2.45, 2.75) is 84.3 Å². The third-order valence-corrected chi connectivity index (χ3v) is 11.1. The highest BCUT2D eigenvalue weighted by atomic mass is 16.7. The summed E-state index contributed by atoms with van der Waals surface area (Å²) in [5, 5.41) is 4.59. The number of benzene rings is 1. The molecule has 0 saturated heterocycles. The van der Waals surface area contributed by atoms with Gasteiger partial charge >= 0.3 is 5.97 Å². The molecular formula is C31H39NO5. The number of rotatable bonds is 4. The fraction of sp³-hybridized carbons (Fsp3) is 0.645. The van der Waals surface area contributed by atoms with Gasteiger partial charge in [0.2, 0.25) is 5.60 Å². The Morgan fingerprint density at radius 3 is 2.49 bits per heavy atom. The van der Waals surface area contributed by atoms with Crippen LogP contribution in [-0.2, 0) is 19.2 Å². The summed E-state index contributed by atoms with van der Waals surface area (Å²) in [5.74, 6) is 2.17. The van der Waals surface area contributed by atoms with E-state index in [4.69, 9.17) is 14.3 Å². The summed E-state index contributed by atoms with van der Waals surface area (Å²) in [7, 11) is 1.66. The Bertz CT molecular complexity index is 1190. The lowest BCUT2D eigenvalue weighted by Crippen LogP contribution is -2.58. The van der Waals surface area contributed by atoms with Crippen molar-refractivity contribution in [2.75, 3.05) is 7.11 Å². The van der Waals surface area contributed by atoms with E-state index in [2.05, 4.69) is 25.1 Å². The van der Waals surface area contributed by atoms with Gasteiger partial charge in [0.05, 0.1) is 18.7 Å². The molecule has 6 rings (SSSR count). The minimum Gasteiger partial charge on any atom is -0.497 e. The Hall–Kier alpha value is -2.63. The van der Waals surface area contributed by atoms with E-state index in [1.54, 1.807) is 14.0 Å². The van der Waals surface area contributed by atoms with Crippen molar-refractivity contribution in [3.8, 4) is 5.75 Å². The molecule has 0 aromatic heterocycles. The highest BCUT2D eigenvalue weighted by Crippen LogP contribution is 2.70. The van der Waals surface area contributed by atoms with E-state index >= 15 is 0 Å². The molecule has 0 amide bonds. The van der Waals surface area contributed by atoms with Gasteiger partial charge in [0.1, 0.15) is 11.9 Å². The topological polar surface area (TPSA) is 74.2 Å². The number of carbonyl (C=O) groups is 2. The molecule has 5 aliphatic rings. The monoisotopic (exact) mass is 505 g/mol. The van der Waals surface area contributed by atoms with Crippen molar-refractivity contribution < 1.29 is 23.9 Å². The molecule has 0 radical (unpaired) electrons. The van der Waals surface area contributed by atoms with Crippen molar-refractivity contribution >= 4 is 17.5 Å². The second-order valence-electron chi connectivity index (χ2n) is 12.6. The molecule has 0 N–H and O–H groups in total. The molecular weight excluding hydrogens is 466 g/mol. The predicted octanol–water partition coefficient (Wildman–Crippen LogP) is 5.88. The van der Waals surface area contributed by atoms with Crippen molar-refractivity contribution in [1.29, 1.82) is 0 Å². The molecule has 6 nitrogen and oxygen atoms in total. The summed E-state index contributed by atoms with van der Waals surface area (Å²) in [6, 6.07) is 7.96. The van der Waals surface area contributed by atoms with Crippen LogP contribution in [0.3, 0.4) is 0 Å². The van der Waals surface area contributed by atoms with Crippen LogP contribution in [0.4, 0.5) is 0 Å². The van der Waals surface area contributed by atoms with E-state index in [1.807, 2.05) is 24.3 Å². The van der Waals surface area contributed by atoms with Crippen LogP contribution in [0.15, 0.2) is 41.1 Å². The maximum absolute atomic E-state index is 13.5. The van der Waals surface area contributed by atoms with Gasteiger partial charge in [-0.05, 0) is 92.9 Å². The molecule has 0 bridgehead atoms. The van der Waals surface area contributed by atoms with Crippen LogP contribution in [0, 0.1) is 34.5 Å². The molecule has 3 fully saturated rings. The number of esters is 1. The lowest BCUT2D eigenvalue weighted by Gasteiger charge is -2.58. The van der Waals surface area contributed by atoms with E-state index < -0.39 is 5.60 Å². The third kappa shape index (κ3) is 3.33. The van der Waals surface area contributed by atoms with Crippen LogP contribution >= 0.6 is 0 Å². The Kier molecular flexibility index (Phi) is 5.63. The number of carbonyl (C=O) groups excluding carboxylic acids is 2. The van der Waals surface area contributed by atoms with Gasteiger partial charge in [-0.25, -0.2) is 0 Å². The molecule has 4 aliphatic carbocycles. The standard InChI is InChI=1S/C31H39NO5/c1-18(33)31-27(28(32-37-31)20-6-9-22(35-5)10-7-20)17-26-24-11-8-21-16-23(36-19(2)34)12-14-29(21,3)25(24)13-15-30(26,31)4/h6-10,23-27H,11-17H2,1-5H3/t23-,24+,25-,26-,27-,29-,30-,31+/m0/s1. The third-order valence-electron chi connectivity index (χ3n) is 11.1. The number of ether oxygens (including phenoxy) is 2. The first kappa shape index (κ1) is 24.7. The van der Waals surface area contributed by atoms with Crippen molar-refractivity contribution in [1.82, 2.24) is 0 Å². The predicted molar refractivity (Wildman–Crippen MR) is 140 cm³/mol. The Balaban J connectivity index is 1.33. The molecule has 0 unspecified atom stereocenters. The highest BCUT2D eigenvalue weighted by molar-refractivity contribution is 6.08. The zero-order valence-corrected chi connectivity index (χ0v) is 22.7. The summed E-state index contributed by atoms with van der Waals surface area (Å²) in [4.78, 5) is 31.4. The lowest BCUT2D eigenvalue weighted by atomic mass is 9.46. The van der Waals surface area contributed by atoms with Crippen LogP contribution in [0.1, 0.15) is 78.2 Å². The van der Waals surface area contributed by atoms with Crippen molar-refractivity contribution in [3.63, 3.8) is 0 Å². The molecule has 0 spiro atoms. The number of methoxy groups -OCH3 is 1. The fourth-order valence-electron chi connectivity index (χ4n) is 9.38. The Morgan fingerprint density at radius 2 is 1.81 bits per heavy atom. The minimum atomic E-state index is -0.893. The second-order valence-corrected chi connectivity index (χ2v) is 12.6. The average Bonchev–Trinajstić information content (AvgIpc) is 3.38. The number of nitrogens with zero attached hydrogens (tertiary/aromatic N) is 1. The molecule has 198 valence electrons. The van der Waals surface area contributed by atoms with Crippen LogP contribution < -0.4 is 4.74 Å². The van der Waals surface area contributed by atoms with E-state index in [9.17, 15) is 9.59 Å². The van der Waals surface area contributed by atoms with Gasteiger partial charge in [0, 0.05) is 24.3 Å². The zero-order chi connectivity index (χ0) is 26.2. The average molecular weight is 506 g/mol. The SMILES string of the molecule is COc1ccc(C2=NO[C@]3(C(C)=O)[C@H]2C[C@H]2[C@@H]4CC=C5C[C@@H](OC(C)=O)CC[C@]5(C)[C@H]4CC[C@@]23C)cc1. The molecule has 8 atom stereocenters. The lowest BCUT2D eigenvalue weighted by molar-refractivity contribution is -0.174. The summed E-state index contributed by atoms with van der Waals surface area (Å²) < 4.78 is 11.0. The highest BCUT2D eigenvalue weighted by Gasteiger charge is 2.74. The van der Waals surface area contributed by atoms with E-state index in [0.717, 1.165) is 62.0 Å². The van der Waals surface area contributed by atoms with Gasteiger partial charge < -0.3 is 14.3 Å². The smallest absolute Gasteiger partial charge is 0.302 e. The maximum atomic E-state index is 13.5. The van der Waals surface area contributed by atoms with Crippen molar-refractivity contribution in [2.24, 2.45) is 39.7 Å². The van der Waals surface area contributed by atoms with Crippen LogP contribution in [0.2, 0.25) is 0 Å². The molecule has 1 aliphatic heterocycles. The molecule has 3 saturated carbocycles. The number of fused-ring (bicyclic) bond motifs is 7. The quantitative estimate of drug-likeness (QED) is 0.377. The summed E-state index contributed by atoms with van der Waals surface area (Å²) in [6.45, 7) is 7.96. The fourth-order valence-corrected chi connectivity index (χ4v) is 9.38. The first-order chi connectivity index (χ1) is 17.6. The van der Waals surface area contributed by atoms with Gasteiger partial charge in [-0.3, -0.25) is 9.59 Å². The number of Topliss-reactive ketones (excluding diaryl/α,β-unsaturated/α-hetero) is 1. The van der Waals surface area contributed by atoms with Gasteiger partial charge in [-0.15, -0.1) is 0 Å². The first-order valence-electron chi connectivity index (χ1n) is 13.9. The van der Waals surface area contributed by atoms with Crippen LogP contribution in [-0.4, -0.2) is 36.3 Å². The molecule has 37 heavy (non-hydrogen) atoms. The zero-order valence-electron chi connectivity index (χ0n) is 22.7. The number of allylic oxidation sites excluding steroid dienone is 1. The molecule has 1 aromatic rings. The van der Waals surface area contributed by atoms with Gasteiger partial charge in [-0.2, -0.15) is 0 Å². The van der Waals surface area contributed by atoms with Gasteiger partial charge in [0.15, 0.2) is 5.78 Å². The number of hydrogen-bond acceptors (Lipinski definition) is 6. The summed E-state index contributed by atoms with van der Waals surface area (Å²) in [5.41, 5.74) is 2.38. The number of oxime groups is 1. The molecule has 6 heteroatoms. The Labute approximate surface area is 219 Å². The second kappa shape index (κ2) is 8.44. The first-order valence-corrected chi connectivity index (χ1v) is 13.9. The number of ketones is 1. The molecule has 1 heterocycles. The summed E-state index contributed by atoms with van der Waals surface area (Å²) >= 11 is 0. The van der Waals surface area contributed by atoms with Crippen LogP contribution in [0.25, 0.3) is 0 Å². The molecule has 1 aromatic carbocycles. The van der Waals surface area contributed by atoms with E-state index in [0.29, 0.717) is 17.8 Å². The van der Waals surface area contributed by atoms with Crippen LogP contribution in [0.5, 0.6) is 5.75 Å². The minimum absolute atomic E-state index is 0.00529. The number of hydrogen-bond donors (Lipinski definition) is 0. The normalized spacial score (nSPS) is 41.7. The van der Waals surface area contributed by atoms with Gasteiger partial charge in [-0.1, -0.05) is 30.7 Å². The Morgan fingerprint density at radius 1 is 1.05 bits per heavy atom. The maximum Gasteiger partial charge on any atom is 0.302 e. The largest absolute Gasteiger partial charge is 0.497 e. The van der Waals surface area contributed by atoms with E-state index in [1.165, 1.54) is 12.5 Å².